The monoisotopic (exact) mass is 275 g/mol. The number of hydrazine groups is 1. The molecule has 0 saturated carbocycles. The van der Waals surface area contributed by atoms with Crippen molar-refractivity contribution in [3.8, 4) is 0 Å². The molecule has 0 spiro atoms. The number of nitrogens with one attached hydrogen (secondary N) is 2. The van der Waals surface area contributed by atoms with Gasteiger partial charge in [-0.25, -0.2) is 10.2 Å². The second kappa shape index (κ2) is 5.54. The van der Waals surface area contributed by atoms with Crippen LogP contribution in [0.1, 0.15) is 26.3 Å². The maximum atomic E-state index is 11.5. The minimum absolute atomic E-state index is 0.474. The van der Waals surface area contributed by atoms with Crippen LogP contribution in [0.15, 0.2) is 30.5 Å². The lowest BCUT2D eigenvalue weighted by atomic mass is 10.2. The van der Waals surface area contributed by atoms with Crippen molar-refractivity contribution in [1.82, 2.24) is 15.4 Å². The summed E-state index contributed by atoms with van der Waals surface area (Å²) in [6.07, 6.45) is 1.58. The van der Waals surface area contributed by atoms with E-state index in [1.165, 1.54) is 10.9 Å². The second-order valence-electron chi connectivity index (χ2n) is 5.76. The Morgan fingerprint density at radius 3 is 2.70 bits per heavy atom. The first kappa shape index (κ1) is 14.4. The van der Waals surface area contributed by atoms with Gasteiger partial charge in [0.1, 0.15) is 5.60 Å². The predicted octanol–water partition coefficient (Wildman–Crippen LogP) is 2.71. The van der Waals surface area contributed by atoms with E-state index < -0.39 is 11.7 Å². The van der Waals surface area contributed by atoms with Crippen molar-refractivity contribution in [2.75, 3.05) is 0 Å². The lowest BCUT2D eigenvalue weighted by Gasteiger charge is -2.19. The first-order valence-electron chi connectivity index (χ1n) is 6.61. The number of aryl methyl sites for hydroxylation is 1. The summed E-state index contributed by atoms with van der Waals surface area (Å²) in [5, 5.41) is 1.17. The summed E-state index contributed by atoms with van der Waals surface area (Å²) in [6.45, 7) is 6.03. The number of ether oxygens (including phenoxy) is 1. The van der Waals surface area contributed by atoms with Crippen LogP contribution in [0.3, 0.4) is 0 Å². The Morgan fingerprint density at radius 1 is 1.30 bits per heavy atom. The molecule has 0 saturated heterocycles. The number of amides is 1. The number of aromatic nitrogens is 1. The van der Waals surface area contributed by atoms with Gasteiger partial charge in [-0.3, -0.25) is 5.43 Å². The lowest BCUT2D eigenvalue weighted by Crippen LogP contribution is -2.40. The maximum Gasteiger partial charge on any atom is 0.422 e. The molecule has 2 aromatic rings. The van der Waals surface area contributed by atoms with Gasteiger partial charge < -0.3 is 9.30 Å². The third-order valence-electron chi connectivity index (χ3n) is 2.85. The number of carbonyl (C=O) groups is 1. The van der Waals surface area contributed by atoms with Gasteiger partial charge in [0.05, 0.1) is 0 Å². The van der Waals surface area contributed by atoms with Crippen LogP contribution in [0.25, 0.3) is 10.9 Å². The molecule has 5 nitrogen and oxygen atoms in total. The van der Waals surface area contributed by atoms with Crippen LogP contribution in [-0.4, -0.2) is 16.3 Å². The summed E-state index contributed by atoms with van der Waals surface area (Å²) >= 11 is 0. The minimum atomic E-state index is -0.495. The van der Waals surface area contributed by atoms with Gasteiger partial charge in [0, 0.05) is 30.7 Å². The molecule has 1 heterocycles. The molecule has 1 aromatic carbocycles. The highest BCUT2D eigenvalue weighted by Crippen LogP contribution is 2.19. The number of fused-ring (bicyclic) bond motifs is 1. The Labute approximate surface area is 118 Å². The predicted molar refractivity (Wildman–Crippen MR) is 79.1 cm³/mol. The third-order valence-corrected chi connectivity index (χ3v) is 2.85. The zero-order chi connectivity index (χ0) is 14.8. The Bertz CT molecular complexity index is 611. The molecule has 108 valence electrons. The highest BCUT2D eigenvalue weighted by molar-refractivity contribution is 5.83. The third kappa shape index (κ3) is 3.51. The van der Waals surface area contributed by atoms with Gasteiger partial charge in [-0.1, -0.05) is 18.2 Å². The molecule has 0 aliphatic rings. The zero-order valence-corrected chi connectivity index (χ0v) is 12.4. The second-order valence-corrected chi connectivity index (χ2v) is 5.76. The van der Waals surface area contributed by atoms with Gasteiger partial charge in [0.15, 0.2) is 0 Å². The fourth-order valence-electron chi connectivity index (χ4n) is 2.08. The molecule has 0 aliphatic carbocycles. The molecule has 2 rings (SSSR count). The molecule has 20 heavy (non-hydrogen) atoms. The number of rotatable bonds is 3. The zero-order valence-electron chi connectivity index (χ0n) is 12.4. The van der Waals surface area contributed by atoms with Crippen molar-refractivity contribution in [2.45, 2.75) is 32.9 Å². The van der Waals surface area contributed by atoms with Gasteiger partial charge in [-0.2, -0.15) is 0 Å². The molecule has 2 N–H and O–H groups in total. The first-order valence-corrected chi connectivity index (χ1v) is 6.61. The van der Waals surface area contributed by atoms with Crippen LogP contribution >= 0.6 is 0 Å². The SMILES string of the molecule is Cn1cc(CNNC(=O)OC(C)(C)C)c2ccccc21. The molecular weight excluding hydrogens is 254 g/mol. The van der Waals surface area contributed by atoms with Gasteiger partial charge in [0.2, 0.25) is 0 Å². The van der Waals surface area contributed by atoms with Crippen LogP contribution in [0, 0.1) is 0 Å². The van der Waals surface area contributed by atoms with E-state index in [1.54, 1.807) is 0 Å². The minimum Gasteiger partial charge on any atom is -0.443 e. The van der Waals surface area contributed by atoms with Gasteiger partial charge in [-0.05, 0) is 32.4 Å². The van der Waals surface area contributed by atoms with Gasteiger partial charge in [0.25, 0.3) is 0 Å². The van der Waals surface area contributed by atoms with Crippen LogP contribution in [0.5, 0.6) is 0 Å². The molecule has 0 bridgehead atoms. The standard InChI is InChI=1S/C15H21N3O2/c1-15(2,3)20-14(19)17-16-9-11-10-18(4)13-8-6-5-7-12(11)13/h5-8,10,16H,9H2,1-4H3,(H,17,19). The summed E-state index contributed by atoms with van der Waals surface area (Å²) < 4.78 is 7.22. The number of nitrogens with zero attached hydrogens (tertiary/aromatic N) is 1. The van der Waals surface area contributed by atoms with Crippen molar-refractivity contribution >= 4 is 17.0 Å². The van der Waals surface area contributed by atoms with Gasteiger partial charge in [-0.15, -0.1) is 0 Å². The van der Waals surface area contributed by atoms with Crippen LogP contribution in [0.2, 0.25) is 0 Å². The van der Waals surface area contributed by atoms with E-state index >= 15 is 0 Å². The molecule has 0 fully saturated rings. The summed E-state index contributed by atoms with van der Waals surface area (Å²) in [6, 6.07) is 8.16. The fourth-order valence-corrected chi connectivity index (χ4v) is 2.08. The smallest absolute Gasteiger partial charge is 0.422 e. The van der Waals surface area contributed by atoms with Crippen molar-refractivity contribution in [3.05, 3.63) is 36.0 Å². The fraction of sp³-hybridized carbons (Fsp3) is 0.400. The molecule has 5 heteroatoms. The Hall–Kier alpha value is -2.01. The normalized spacial score (nSPS) is 11.6. The van der Waals surface area contributed by atoms with Crippen molar-refractivity contribution in [2.24, 2.45) is 7.05 Å². The Balaban J connectivity index is 1.95. The summed E-state index contributed by atoms with van der Waals surface area (Å²) in [4.78, 5) is 11.5. The van der Waals surface area contributed by atoms with Crippen LogP contribution in [-0.2, 0) is 18.3 Å². The lowest BCUT2D eigenvalue weighted by molar-refractivity contribution is 0.0497. The first-order chi connectivity index (χ1) is 9.37. The quantitative estimate of drug-likeness (QED) is 0.847. The van der Waals surface area contributed by atoms with Crippen LogP contribution in [0.4, 0.5) is 4.79 Å². The van der Waals surface area contributed by atoms with E-state index in [9.17, 15) is 4.79 Å². The number of para-hydroxylation sites is 1. The molecule has 0 aliphatic heterocycles. The van der Waals surface area contributed by atoms with E-state index in [-0.39, 0.29) is 0 Å². The van der Waals surface area contributed by atoms with E-state index in [4.69, 9.17) is 4.74 Å². The molecule has 0 unspecified atom stereocenters. The largest absolute Gasteiger partial charge is 0.443 e. The maximum absolute atomic E-state index is 11.5. The average molecular weight is 275 g/mol. The van der Waals surface area contributed by atoms with E-state index in [0.717, 1.165) is 5.56 Å². The molecule has 1 amide bonds. The average Bonchev–Trinajstić information content (AvgIpc) is 2.65. The van der Waals surface area contributed by atoms with Crippen LogP contribution < -0.4 is 10.9 Å². The van der Waals surface area contributed by atoms with Crippen molar-refractivity contribution < 1.29 is 9.53 Å². The topological polar surface area (TPSA) is 55.3 Å². The number of hydrogen-bond acceptors (Lipinski definition) is 3. The Kier molecular flexibility index (Phi) is 3.99. The number of benzene rings is 1. The van der Waals surface area contributed by atoms with E-state index in [0.29, 0.717) is 6.54 Å². The van der Waals surface area contributed by atoms with Crippen molar-refractivity contribution in [1.29, 1.82) is 0 Å². The van der Waals surface area contributed by atoms with Gasteiger partial charge >= 0.3 is 6.09 Å². The number of carbonyl (C=O) groups excluding carboxylic acids is 1. The molecular formula is C15H21N3O2. The summed E-state index contributed by atoms with van der Waals surface area (Å²) in [5.41, 5.74) is 7.23. The summed E-state index contributed by atoms with van der Waals surface area (Å²) in [5.74, 6) is 0. The molecule has 1 aromatic heterocycles. The van der Waals surface area contributed by atoms with Crippen molar-refractivity contribution in [3.63, 3.8) is 0 Å². The van der Waals surface area contributed by atoms with E-state index in [2.05, 4.69) is 33.7 Å². The summed E-state index contributed by atoms with van der Waals surface area (Å²) in [7, 11) is 2.01. The highest BCUT2D eigenvalue weighted by Gasteiger charge is 2.15. The Morgan fingerprint density at radius 2 is 2.00 bits per heavy atom. The number of hydrogen-bond donors (Lipinski definition) is 2. The highest BCUT2D eigenvalue weighted by atomic mass is 16.6. The molecule has 0 atom stereocenters. The molecule has 0 radical (unpaired) electrons. The van der Waals surface area contributed by atoms with E-state index in [1.807, 2.05) is 40.0 Å².